The van der Waals surface area contributed by atoms with Crippen LogP contribution in [0.3, 0.4) is 0 Å². The van der Waals surface area contributed by atoms with Crippen molar-refractivity contribution in [2.45, 2.75) is 25.3 Å². The van der Waals surface area contributed by atoms with Crippen molar-refractivity contribution < 1.29 is 4.79 Å². The summed E-state index contributed by atoms with van der Waals surface area (Å²) in [6.07, 6.45) is 1.18. The Bertz CT molecular complexity index is 832. The number of likely N-dealkylation sites (tertiary alicyclic amines) is 1. The van der Waals surface area contributed by atoms with E-state index in [0.29, 0.717) is 29.2 Å². The predicted molar refractivity (Wildman–Crippen MR) is 93.6 cm³/mol. The second-order valence-electron chi connectivity index (χ2n) is 6.35. The van der Waals surface area contributed by atoms with Crippen LogP contribution in [-0.4, -0.2) is 51.5 Å². The van der Waals surface area contributed by atoms with E-state index in [1.807, 2.05) is 7.05 Å². The highest BCUT2D eigenvalue weighted by Crippen LogP contribution is 2.22. The normalized spacial score (nSPS) is 17.0. The molecule has 1 N–H and O–H groups in total. The minimum atomic E-state index is -0.851. The van der Waals surface area contributed by atoms with E-state index in [4.69, 9.17) is 11.6 Å². The molecule has 25 heavy (non-hydrogen) atoms. The lowest BCUT2D eigenvalue weighted by Crippen LogP contribution is -2.54. The molecule has 0 bridgehead atoms. The van der Waals surface area contributed by atoms with Crippen LogP contribution >= 0.6 is 11.6 Å². The molecular formula is C17H19ClN6O. The summed E-state index contributed by atoms with van der Waals surface area (Å²) in [6, 6.07) is 9.34. The van der Waals surface area contributed by atoms with Crippen molar-refractivity contribution in [2.24, 2.45) is 0 Å². The smallest absolute Gasteiger partial charge is 0.275 e. The fraction of sp³-hybridized carbons (Fsp3) is 0.412. The molecule has 7 nitrogen and oxygen atoms in total. The van der Waals surface area contributed by atoms with E-state index in [0.717, 1.165) is 13.1 Å². The number of hydrogen-bond donors (Lipinski definition) is 1. The second-order valence-corrected chi connectivity index (χ2v) is 6.79. The zero-order valence-electron chi connectivity index (χ0n) is 14.2. The van der Waals surface area contributed by atoms with Crippen molar-refractivity contribution in [1.82, 2.24) is 25.2 Å². The zero-order valence-corrected chi connectivity index (χ0v) is 14.9. The average molecular weight is 359 g/mol. The highest BCUT2D eigenvalue weighted by molar-refractivity contribution is 6.30. The summed E-state index contributed by atoms with van der Waals surface area (Å²) < 4.78 is 0. The molecule has 0 aliphatic carbocycles. The minimum absolute atomic E-state index is 0.216. The van der Waals surface area contributed by atoms with E-state index >= 15 is 0 Å². The number of hydrogen-bond acceptors (Lipinski definition) is 5. The number of benzene rings is 1. The van der Waals surface area contributed by atoms with E-state index < -0.39 is 5.54 Å². The lowest BCUT2D eigenvalue weighted by atomic mass is 9.89. The molecule has 0 spiro atoms. The number of piperidine rings is 1. The van der Waals surface area contributed by atoms with Crippen molar-refractivity contribution in [3.05, 3.63) is 40.7 Å². The fourth-order valence-electron chi connectivity index (χ4n) is 2.85. The van der Waals surface area contributed by atoms with Gasteiger partial charge in [0.25, 0.3) is 5.91 Å². The van der Waals surface area contributed by atoms with Gasteiger partial charge in [0.1, 0.15) is 5.54 Å². The van der Waals surface area contributed by atoms with Gasteiger partial charge in [0.2, 0.25) is 0 Å². The molecule has 3 rings (SSSR count). The van der Waals surface area contributed by atoms with Crippen LogP contribution in [0, 0.1) is 18.3 Å². The Labute approximate surface area is 151 Å². The van der Waals surface area contributed by atoms with Crippen LogP contribution in [0.2, 0.25) is 5.02 Å². The van der Waals surface area contributed by atoms with Crippen molar-refractivity contribution in [2.75, 3.05) is 20.1 Å². The van der Waals surface area contributed by atoms with Crippen LogP contribution in [0.15, 0.2) is 24.3 Å². The van der Waals surface area contributed by atoms with Gasteiger partial charge in [-0.2, -0.15) is 15.2 Å². The van der Waals surface area contributed by atoms with Gasteiger partial charge in [-0.25, -0.2) is 0 Å². The number of aromatic nitrogens is 3. The van der Waals surface area contributed by atoms with Crippen LogP contribution in [0.4, 0.5) is 0 Å². The first-order valence-corrected chi connectivity index (χ1v) is 8.42. The summed E-state index contributed by atoms with van der Waals surface area (Å²) >= 11 is 5.99. The van der Waals surface area contributed by atoms with Crippen LogP contribution < -0.4 is 5.32 Å². The van der Waals surface area contributed by atoms with Gasteiger partial charge >= 0.3 is 0 Å². The summed E-state index contributed by atoms with van der Waals surface area (Å²) in [5.74, 6) is -0.378. The Morgan fingerprint density at radius 2 is 2.08 bits per heavy atom. The van der Waals surface area contributed by atoms with Crippen LogP contribution in [0.25, 0.3) is 5.69 Å². The van der Waals surface area contributed by atoms with Gasteiger partial charge in [-0.1, -0.05) is 17.7 Å². The number of carbonyl (C=O) groups excluding carboxylic acids is 1. The molecule has 130 valence electrons. The zero-order chi connectivity index (χ0) is 18.0. The van der Waals surface area contributed by atoms with Gasteiger partial charge in [-0.05, 0) is 45.0 Å². The molecular weight excluding hydrogens is 340 g/mol. The van der Waals surface area contributed by atoms with Crippen molar-refractivity contribution in [3.8, 4) is 11.8 Å². The first kappa shape index (κ1) is 17.4. The number of carbonyl (C=O) groups is 1. The molecule has 1 fully saturated rings. The summed E-state index contributed by atoms with van der Waals surface area (Å²) in [4.78, 5) is 16.2. The quantitative estimate of drug-likeness (QED) is 0.906. The highest BCUT2D eigenvalue weighted by atomic mass is 35.5. The number of amides is 1. The monoisotopic (exact) mass is 358 g/mol. The molecule has 1 aliphatic heterocycles. The SMILES string of the molecule is Cc1nn(-c2cccc(Cl)c2)nc1C(=O)NC1(C#N)CCN(C)CC1. The standard InChI is InChI=1S/C17H19ClN6O/c1-12-15(22-24(21-12)14-5-3-4-13(18)10-14)16(25)20-17(11-19)6-8-23(2)9-7-17/h3-5,10H,6-9H2,1-2H3,(H,20,25). The maximum absolute atomic E-state index is 12.7. The molecule has 1 aliphatic rings. The molecule has 2 aromatic rings. The maximum atomic E-state index is 12.7. The number of nitriles is 1. The van der Waals surface area contributed by atoms with Crippen molar-refractivity contribution in [3.63, 3.8) is 0 Å². The van der Waals surface area contributed by atoms with Gasteiger partial charge in [-0.15, -0.1) is 5.10 Å². The molecule has 2 heterocycles. The van der Waals surface area contributed by atoms with E-state index in [9.17, 15) is 10.1 Å². The Balaban J connectivity index is 1.82. The number of halogens is 1. The van der Waals surface area contributed by atoms with E-state index in [1.165, 1.54) is 4.80 Å². The molecule has 0 radical (unpaired) electrons. The number of aryl methyl sites for hydroxylation is 1. The molecule has 1 aromatic heterocycles. The molecule has 0 unspecified atom stereocenters. The van der Waals surface area contributed by atoms with Crippen LogP contribution in [0.5, 0.6) is 0 Å². The van der Waals surface area contributed by atoms with Gasteiger partial charge < -0.3 is 10.2 Å². The third-order valence-electron chi connectivity index (χ3n) is 4.44. The first-order valence-electron chi connectivity index (χ1n) is 8.05. The predicted octanol–water partition coefficient (Wildman–Crippen LogP) is 1.95. The third-order valence-corrected chi connectivity index (χ3v) is 4.68. The molecule has 0 atom stereocenters. The summed E-state index contributed by atoms with van der Waals surface area (Å²) in [6.45, 7) is 3.25. The summed E-state index contributed by atoms with van der Waals surface area (Å²) in [7, 11) is 2.00. The maximum Gasteiger partial charge on any atom is 0.275 e. The number of rotatable bonds is 3. The number of nitrogens with zero attached hydrogens (tertiary/aromatic N) is 5. The van der Waals surface area contributed by atoms with Crippen LogP contribution in [0.1, 0.15) is 29.0 Å². The topological polar surface area (TPSA) is 86.8 Å². The fourth-order valence-corrected chi connectivity index (χ4v) is 3.03. The molecule has 1 aromatic carbocycles. The summed E-state index contributed by atoms with van der Waals surface area (Å²) in [5.41, 5.74) is 0.534. The lowest BCUT2D eigenvalue weighted by molar-refractivity contribution is 0.0876. The summed E-state index contributed by atoms with van der Waals surface area (Å²) in [5, 5.41) is 21.6. The Morgan fingerprint density at radius 3 is 2.72 bits per heavy atom. The lowest BCUT2D eigenvalue weighted by Gasteiger charge is -2.35. The first-order chi connectivity index (χ1) is 11.9. The Hall–Kier alpha value is -2.43. The Morgan fingerprint density at radius 1 is 1.36 bits per heavy atom. The van der Waals surface area contributed by atoms with Crippen molar-refractivity contribution in [1.29, 1.82) is 5.26 Å². The van der Waals surface area contributed by atoms with Gasteiger partial charge in [0.15, 0.2) is 5.69 Å². The minimum Gasteiger partial charge on any atom is -0.332 e. The largest absolute Gasteiger partial charge is 0.332 e. The van der Waals surface area contributed by atoms with Gasteiger partial charge in [0, 0.05) is 18.1 Å². The third kappa shape index (κ3) is 3.65. The van der Waals surface area contributed by atoms with Gasteiger partial charge in [0.05, 0.1) is 17.5 Å². The van der Waals surface area contributed by atoms with Gasteiger partial charge in [-0.3, -0.25) is 4.79 Å². The molecule has 8 heteroatoms. The highest BCUT2D eigenvalue weighted by Gasteiger charge is 2.36. The molecule has 1 amide bonds. The molecule has 0 saturated carbocycles. The average Bonchev–Trinajstić information content (AvgIpc) is 2.99. The second kappa shape index (κ2) is 6.82. The molecule has 1 saturated heterocycles. The van der Waals surface area contributed by atoms with E-state index in [2.05, 4.69) is 26.5 Å². The van der Waals surface area contributed by atoms with E-state index in [-0.39, 0.29) is 11.6 Å². The Kier molecular flexibility index (Phi) is 4.75. The van der Waals surface area contributed by atoms with Crippen molar-refractivity contribution >= 4 is 17.5 Å². The van der Waals surface area contributed by atoms with Crippen LogP contribution in [-0.2, 0) is 0 Å². The number of nitrogens with one attached hydrogen (secondary N) is 1. The van der Waals surface area contributed by atoms with E-state index in [1.54, 1.807) is 31.2 Å².